The standard InChI is InChI=1S/C17H25N3O/c1-11(2)17-19-13-9-12(3)5-6-14(13)20(17)15-7-8-18-10-16(15)21-4/h5-6,9,11,15-16,18H,7-8,10H2,1-4H3. The first kappa shape index (κ1) is 14.5. The van der Waals surface area contributed by atoms with Crippen LogP contribution in [0, 0.1) is 6.92 Å². The number of aromatic nitrogens is 2. The molecule has 0 radical (unpaired) electrons. The molecule has 1 aromatic carbocycles. The number of nitrogens with zero attached hydrogens (tertiary/aromatic N) is 2. The van der Waals surface area contributed by atoms with Gasteiger partial charge in [0, 0.05) is 19.6 Å². The second kappa shape index (κ2) is 5.78. The zero-order valence-corrected chi connectivity index (χ0v) is 13.4. The number of imidazole rings is 1. The van der Waals surface area contributed by atoms with Crippen molar-refractivity contribution in [2.75, 3.05) is 20.2 Å². The zero-order valence-electron chi connectivity index (χ0n) is 13.4. The summed E-state index contributed by atoms with van der Waals surface area (Å²) in [4.78, 5) is 4.90. The largest absolute Gasteiger partial charge is 0.378 e. The summed E-state index contributed by atoms with van der Waals surface area (Å²) in [6.07, 6.45) is 1.28. The van der Waals surface area contributed by atoms with Crippen LogP contribution in [-0.4, -0.2) is 35.9 Å². The van der Waals surface area contributed by atoms with Gasteiger partial charge < -0.3 is 14.6 Å². The normalized spacial score (nSPS) is 23.1. The Morgan fingerprint density at radius 3 is 2.90 bits per heavy atom. The maximum Gasteiger partial charge on any atom is 0.112 e. The minimum absolute atomic E-state index is 0.204. The summed E-state index contributed by atoms with van der Waals surface area (Å²) in [5.74, 6) is 1.58. The molecule has 2 heterocycles. The van der Waals surface area contributed by atoms with Crippen molar-refractivity contribution >= 4 is 11.0 Å². The number of hydrogen-bond donors (Lipinski definition) is 1. The minimum Gasteiger partial charge on any atom is -0.378 e. The minimum atomic E-state index is 0.204. The quantitative estimate of drug-likeness (QED) is 0.943. The van der Waals surface area contributed by atoms with Crippen molar-refractivity contribution in [2.24, 2.45) is 0 Å². The maximum absolute atomic E-state index is 5.72. The second-order valence-corrected chi connectivity index (χ2v) is 6.32. The molecule has 0 aliphatic carbocycles. The lowest BCUT2D eigenvalue weighted by molar-refractivity contribution is 0.0393. The van der Waals surface area contributed by atoms with Gasteiger partial charge in [-0.3, -0.25) is 0 Å². The number of aryl methyl sites for hydroxylation is 1. The third kappa shape index (κ3) is 2.58. The molecule has 114 valence electrons. The molecule has 0 spiro atoms. The monoisotopic (exact) mass is 287 g/mol. The van der Waals surface area contributed by atoms with Crippen LogP contribution in [0.3, 0.4) is 0 Å². The van der Waals surface area contributed by atoms with E-state index in [0.29, 0.717) is 12.0 Å². The molecule has 4 nitrogen and oxygen atoms in total. The predicted octanol–water partition coefficient (Wildman–Crippen LogP) is 3.02. The fourth-order valence-corrected chi connectivity index (χ4v) is 3.34. The molecule has 2 aromatic rings. The first-order chi connectivity index (χ1) is 10.1. The van der Waals surface area contributed by atoms with Crippen LogP contribution in [-0.2, 0) is 4.74 Å². The Labute approximate surface area is 126 Å². The predicted molar refractivity (Wildman–Crippen MR) is 85.9 cm³/mol. The van der Waals surface area contributed by atoms with Crippen LogP contribution in [0.2, 0.25) is 0 Å². The highest BCUT2D eigenvalue weighted by Crippen LogP contribution is 2.31. The lowest BCUT2D eigenvalue weighted by Crippen LogP contribution is -2.43. The Morgan fingerprint density at radius 1 is 1.38 bits per heavy atom. The number of methoxy groups -OCH3 is 1. The third-order valence-corrected chi connectivity index (χ3v) is 4.41. The molecule has 1 aliphatic rings. The van der Waals surface area contributed by atoms with Crippen molar-refractivity contribution in [3.05, 3.63) is 29.6 Å². The maximum atomic E-state index is 5.72. The number of ether oxygens (including phenoxy) is 1. The Balaban J connectivity index is 2.16. The van der Waals surface area contributed by atoms with Gasteiger partial charge in [-0.25, -0.2) is 4.98 Å². The van der Waals surface area contributed by atoms with Gasteiger partial charge in [-0.05, 0) is 37.6 Å². The van der Waals surface area contributed by atoms with Gasteiger partial charge in [0.25, 0.3) is 0 Å². The summed E-state index contributed by atoms with van der Waals surface area (Å²) in [5, 5.41) is 3.42. The topological polar surface area (TPSA) is 39.1 Å². The fraction of sp³-hybridized carbons (Fsp3) is 0.588. The molecule has 0 amide bonds. The van der Waals surface area contributed by atoms with Crippen molar-refractivity contribution in [1.82, 2.24) is 14.9 Å². The molecule has 2 unspecified atom stereocenters. The number of nitrogens with one attached hydrogen (secondary N) is 1. The molecule has 2 atom stereocenters. The lowest BCUT2D eigenvalue weighted by atomic mass is 10.0. The van der Waals surface area contributed by atoms with Gasteiger partial charge in [0.15, 0.2) is 0 Å². The van der Waals surface area contributed by atoms with Crippen LogP contribution < -0.4 is 5.32 Å². The smallest absolute Gasteiger partial charge is 0.112 e. The molecule has 1 saturated heterocycles. The average Bonchev–Trinajstić information content (AvgIpc) is 2.85. The van der Waals surface area contributed by atoms with Crippen LogP contribution in [0.25, 0.3) is 11.0 Å². The van der Waals surface area contributed by atoms with E-state index in [0.717, 1.165) is 25.0 Å². The number of rotatable bonds is 3. The summed E-state index contributed by atoms with van der Waals surface area (Å²) in [6.45, 7) is 8.49. The van der Waals surface area contributed by atoms with Gasteiger partial charge in [-0.15, -0.1) is 0 Å². The van der Waals surface area contributed by atoms with Crippen LogP contribution in [0.1, 0.15) is 43.6 Å². The van der Waals surface area contributed by atoms with Gasteiger partial charge in [-0.1, -0.05) is 19.9 Å². The number of piperidine rings is 1. The van der Waals surface area contributed by atoms with E-state index in [4.69, 9.17) is 9.72 Å². The highest BCUT2D eigenvalue weighted by Gasteiger charge is 2.30. The van der Waals surface area contributed by atoms with Crippen LogP contribution >= 0.6 is 0 Å². The Kier molecular flexibility index (Phi) is 4.00. The SMILES string of the molecule is COC1CNCCC1n1c(C(C)C)nc2cc(C)ccc21. The molecular weight excluding hydrogens is 262 g/mol. The van der Waals surface area contributed by atoms with E-state index < -0.39 is 0 Å². The van der Waals surface area contributed by atoms with Crippen LogP contribution in [0.4, 0.5) is 0 Å². The van der Waals surface area contributed by atoms with Gasteiger partial charge in [0.05, 0.1) is 23.2 Å². The lowest BCUT2D eigenvalue weighted by Gasteiger charge is -2.34. The molecule has 3 rings (SSSR count). The van der Waals surface area contributed by atoms with E-state index >= 15 is 0 Å². The molecule has 1 aromatic heterocycles. The summed E-state index contributed by atoms with van der Waals surface area (Å²) >= 11 is 0. The fourth-order valence-electron chi connectivity index (χ4n) is 3.34. The number of fused-ring (bicyclic) bond motifs is 1. The van der Waals surface area contributed by atoms with Crippen LogP contribution in [0.5, 0.6) is 0 Å². The van der Waals surface area contributed by atoms with E-state index in [1.165, 1.54) is 16.9 Å². The van der Waals surface area contributed by atoms with Gasteiger partial charge in [0.1, 0.15) is 5.82 Å². The van der Waals surface area contributed by atoms with E-state index in [2.05, 4.69) is 48.9 Å². The molecule has 1 fully saturated rings. The van der Waals surface area contributed by atoms with Crippen molar-refractivity contribution in [3.8, 4) is 0 Å². The molecule has 1 aliphatic heterocycles. The zero-order chi connectivity index (χ0) is 15.0. The molecule has 4 heteroatoms. The Bertz CT molecular complexity index is 632. The molecule has 0 bridgehead atoms. The van der Waals surface area contributed by atoms with Crippen LogP contribution in [0.15, 0.2) is 18.2 Å². The molecule has 1 N–H and O–H groups in total. The average molecular weight is 287 g/mol. The van der Waals surface area contributed by atoms with E-state index in [9.17, 15) is 0 Å². The molecule has 21 heavy (non-hydrogen) atoms. The van der Waals surface area contributed by atoms with Crippen molar-refractivity contribution < 1.29 is 4.74 Å². The number of benzene rings is 1. The first-order valence-corrected chi connectivity index (χ1v) is 7.83. The van der Waals surface area contributed by atoms with Crippen molar-refractivity contribution in [2.45, 2.75) is 45.3 Å². The summed E-state index contributed by atoms with van der Waals surface area (Å²) in [7, 11) is 1.81. The number of hydrogen-bond acceptors (Lipinski definition) is 3. The summed E-state index contributed by atoms with van der Waals surface area (Å²) in [5.41, 5.74) is 3.60. The van der Waals surface area contributed by atoms with Gasteiger partial charge >= 0.3 is 0 Å². The van der Waals surface area contributed by atoms with Gasteiger partial charge in [0.2, 0.25) is 0 Å². The summed E-state index contributed by atoms with van der Waals surface area (Å²) < 4.78 is 8.15. The van der Waals surface area contributed by atoms with Gasteiger partial charge in [-0.2, -0.15) is 0 Å². The second-order valence-electron chi connectivity index (χ2n) is 6.32. The molecular formula is C17H25N3O. The first-order valence-electron chi connectivity index (χ1n) is 7.83. The highest BCUT2D eigenvalue weighted by atomic mass is 16.5. The highest BCUT2D eigenvalue weighted by molar-refractivity contribution is 5.77. The third-order valence-electron chi connectivity index (χ3n) is 4.41. The Hall–Kier alpha value is -1.39. The van der Waals surface area contributed by atoms with Crippen molar-refractivity contribution in [1.29, 1.82) is 0 Å². The van der Waals surface area contributed by atoms with E-state index in [1.807, 2.05) is 7.11 Å². The molecule has 0 saturated carbocycles. The van der Waals surface area contributed by atoms with Crippen molar-refractivity contribution in [3.63, 3.8) is 0 Å². The summed E-state index contributed by atoms with van der Waals surface area (Å²) in [6, 6.07) is 6.92. The van der Waals surface area contributed by atoms with E-state index in [-0.39, 0.29) is 6.10 Å². The van der Waals surface area contributed by atoms with E-state index in [1.54, 1.807) is 0 Å². The Morgan fingerprint density at radius 2 is 2.19 bits per heavy atom.